The van der Waals surface area contributed by atoms with Crippen molar-refractivity contribution in [1.82, 2.24) is 0 Å². The van der Waals surface area contributed by atoms with Gasteiger partial charge < -0.3 is 21.5 Å². The van der Waals surface area contributed by atoms with Gasteiger partial charge >= 0.3 is 0 Å². The summed E-state index contributed by atoms with van der Waals surface area (Å²) in [7, 11) is 0. The van der Waals surface area contributed by atoms with Gasteiger partial charge in [-0.3, -0.25) is 4.79 Å². The van der Waals surface area contributed by atoms with Crippen LogP contribution in [0.5, 0.6) is 0 Å². The highest BCUT2D eigenvalue weighted by Gasteiger charge is 2.18. The summed E-state index contributed by atoms with van der Waals surface area (Å²) >= 11 is 0. The Morgan fingerprint density at radius 1 is 1.44 bits per heavy atom. The number of hydrogen-bond donors (Lipinski definition) is 4. The van der Waals surface area contributed by atoms with Crippen molar-refractivity contribution in [3.8, 4) is 0 Å². The van der Waals surface area contributed by atoms with E-state index in [1.807, 2.05) is 6.07 Å². The summed E-state index contributed by atoms with van der Waals surface area (Å²) in [4.78, 5) is 11.3. The molecule has 0 bridgehead atoms. The molecule has 5 N–H and O–H groups in total. The Bertz CT molecular complexity index is 478. The van der Waals surface area contributed by atoms with E-state index in [0.29, 0.717) is 18.7 Å². The molecule has 2 rings (SSSR count). The van der Waals surface area contributed by atoms with Crippen LogP contribution in [0.4, 0.5) is 17.1 Å². The quantitative estimate of drug-likeness (QED) is 0.609. The number of aryl methyl sites for hydroxylation is 1. The summed E-state index contributed by atoms with van der Waals surface area (Å²) in [6.45, 7) is 3.88. The molecule has 1 aromatic rings. The maximum Gasteiger partial charge on any atom is 0.224 e. The maximum atomic E-state index is 11.3. The van der Waals surface area contributed by atoms with Crippen molar-refractivity contribution in [2.75, 3.05) is 22.9 Å². The highest BCUT2D eigenvalue weighted by atomic mass is 16.3. The molecule has 0 spiro atoms. The molecule has 1 aliphatic rings. The maximum absolute atomic E-state index is 11.3. The van der Waals surface area contributed by atoms with Gasteiger partial charge in [0.15, 0.2) is 0 Å². The van der Waals surface area contributed by atoms with E-state index in [4.69, 9.17) is 5.73 Å². The van der Waals surface area contributed by atoms with Crippen LogP contribution in [0.1, 0.15) is 25.8 Å². The fourth-order valence-electron chi connectivity index (χ4n) is 1.91. The molecular weight excluding hydrogens is 230 g/mol. The number of nitrogen functional groups attached to an aromatic ring is 1. The molecule has 0 saturated carbocycles. The summed E-state index contributed by atoms with van der Waals surface area (Å²) in [6.07, 6.45) is 1.22. The predicted molar refractivity (Wildman–Crippen MR) is 72.6 cm³/mol. The first-order valence-electron chi connectivity index (χ1n) is 6.04. The Labute approximate surface area is 106 Å². The largest absolute Gasteiger partial charge is 0.397 e. The Morgan fingerprint density at radius 3 is 2.83 bits per heavy atom. The van der Waals surface area contributed by atoms with Crippen LogP contribution in [0.25, 0.3) is 0 Å². The van der Waals surface area contributed by atoms with Crippen LogP contribution in [0, 0.1) is 0 Å². The average Bonchev–Trinajstić information content (AvgIpc) is 2.25. The normalized spacial score (nSPS) is 14.9. The third-order valence-corrected chi connectivity index (χ3v) is 2.88. The van der Waals surface area contributed by atoms with E-state index in [0.717, 1.165) is 23.4 Å². The summed E-state index contributed by atoms with van der Waals surface area (Å²) in [5, 5.41) is 15.6. The molecule has 98 valence electrons. The molecule has 0 aromatic heterocycles. The van der Waals surface area contributed by atoms with Gasteiger partial charge in [0.25, 0.3) is 0 Å². The van der Waals surface area contributed by atoms with Gasteiger partial charge in [-0.2, -0.15) is 0 Å². The van der Waals surface area contributed by atoms with Gasteiger partial charge in [0, 0.05) is 18.7 Å². The van der Waals surface area contributed by atoms with Crippen molar-refractivity contribution in [3.63, 3.8) is 0 Å². The van der Waals surface area contributed by atoms with Gasteiger partial charge in [-0.15, -0.1) is 0 Å². The zero-order chi connectivity index (χ0) is 13.3. The zero-order valence-corrected chi connectivity index (χ0v) is 10.7. The van der Waals surface area contributed by atoms with E-state index >= 15 is 0 Å². The topological polar surface area (TPSA) is 87.4 Å². The fraction of sp³-hybridized carbons (Fsp3) is 0.462. The third kappa shape index (κ3) is 2.92. The van der Waals surface area contributed by atoms with E-state index in [1.165, 1.54) is 0 Å². The molecule has 0 unspecified atom stereocenters. The van der Waals surface area contributed by atoms with Crippen LogP contribution in [0.3, 0.4) is 0 Å². The number of aliphatic hydroxyl groups is 1. The number of rotatable bonds is 3. The average molecular weight is 249 g/mol. The first kappa shape index (κ1) is 12.7. The number of nitrogens with one attached hydrogen (secondary N) is 2. The molecule has 1 heterocycles. The first-order chi connectivity index (χ1) is 8.35. The van der Waals surface area contributed by atoms with Crippen molar-refractivity contribution in [2.24, 2.45) is 0 Å². The molecule has 5 heteroatoms. The second-order valence-electron chi connectivity index (χ2n) is 5.31. The minimum atomic E-state index is -0.795. The van der Waals surface area contributed by atoms with Crippen LogP contribution in [-0.2, 0) is 11.2 Å². The van der Waals surface area contributed by atoms with Crippen molar-refractivity contribution in [1.29, 1.82) is 0 Å². The lowest BCUT2D eigenvalue weighted by Crippen LogP contribution is -2.29. The van der Waals surface area contributed by atoms with Crippen molar-refractivity contribution in [3.05, 3.63) is 17.7 Å². The predicted octanol–water partition coefficient (Wildman–Crippen LogP) is 1.34. The third-order valence-electron chi connectivity index (χ3n) is 2.88. The smallest absolute Gasteiger partial charge is 0.224 e. The van der Waals surface area contributed by atoms with Crippen molar-refractivity contribution in [2.45, 2.75) is 32.3 Å². The molecular formula is C13H19N3O2. The molecule has 0 aliphatic carbocycles. The summed E-state index contributed by atoms with van der Waals surface area (Å²) in [5.74, 6) is 0.0269. The molecule has 0 fully saturated rings. The Hall–Kier alpha value is -1.75. The SMILES string of the molecule is CC(C)(O)CNc1cc2c(cc1N)NC(=O)CC2. The molecule has 1 aliphatic heterocycles. The monoisotopic (exact) mass is 249 g/mol. The number of amides is 1. The van der Waals surface area contributed by atoms with E-state index in [2.05, 4.69) is 10.6 Å². The minimum Gasteiger partial charge on any atom is -0.397 e. The number of anilines is 3. The molecule has 5 nitrogen and oxygen atoms in total. The lowest BCUT2D eigenvalue weighted by molar-refractivity contribution is -0.116. The standard InChI is InChI=1S/C13H19N3O2/c1-13(2,18)7-15-11-5-8-3-4-12(17)16-10(8)6-9(11)14/h5-6,15,18H,3-4,7,14H2,1-2H3,(H,16,17). The van der Waals surface area contributed by atoms with E-state index in [1.54, 1.807) is 19.9 Å². The van der Waals surface area contributed by atoms with Crippen LogP contribution in [0.2, 0.25) is 0 Å². The van der Waals surface area contributed by atoms with Gasteiger partial charge in [-0.05, 0) is 38.0 Å². The van der Waals surface area contributed by atoms with Gasteiger partial charge in [-0.25, -0.2) is 0 Å². The Balaban J connectivity index is 2.20. The molecule has 0 saturated heterocycles. The second-order valence-corrected chi connectivity index (χ2v) is 5.31. The summed E-state index contributed by atoms with van der Waals surface area (Å²) in [6, 6.07) is 3.70. The van der Waals surface area contributed by atoms with E-state index < -0.39 is 5.60 Å². The zero-order valence-electron chi connectivity index (χ0n) is 10.7. The number of benzene rings is 1. The van der Waals surface area contributed by atoms with E-state index in [-0.39, 0.29) is 5.91 Å². The van der Waals surface area contributed by atoms with Crippen molar-refractivity contribution >= 4 is 23.0 Å². The van der Waals surface area contributed by atoms with E-state index in [9.17, 15) is 9.90 Å². The molecule has 1 amide bonds. The Morgan fingerprint density at radius 2 is 2.17 bits per heavy atom. The van der Waals surface area contributed by atoms with Gasteiger partial charge in [-0.1, -0.05) is 0 Å². The van der Waals surface area contributed by atoms with Crippen LogP contribution < -0.4 is 16.4 Å². The van der Waals surface area contributed by atoms with Gasteiger partial charge in [0.1, 0.15) is 0 Å². The minimum absolute atomic E-state index is 0.0269. The van der Waals surface area contributed by atoms with Crippen LogP contribution in [0.15, 0.2) is 12.1 Å². The number of hydrogen-bond acceptors (Lipinski definition) is 4. The van der Waals surface area contributed by atoms with Crippen LogP contribution in [-0.4, -0.2) is 23.2 Å². The van der Waals surface area contributed by atoms with Crippen LogP contribution >= 0.6 is 0 Å². The number of fused-ring (bicyclic) bond motifs is 1. The molecule has 1 aromatic carbocycles. The van der Waals surface area contributed by atoms with Gasteiger partial charge in [0.2, 0.25) is 5.91 Å². The Kier molecular flexibility index (Phi) is 3.17. The van der Waals surface area contributed by atoms with Crippen molar-refractivity contribution < 1.29 is 9.90 Å². The molecule has 18 heavy (non-hydrogen) atoms. The second kappa shape index (κ2) is 4.49. The number of nitrogens with two attached hydrogens (primary N) is 1. The highest BCUT2D eigenvalue weighted by Crippen LogP contribution is 2.31. The first-order valence-corrected chi connectivity index (χ1v) is 6.04. The number of carbonyl (C=O) groups excluding carboxylic acids is 1. The fourth-order valence-corrected chi connectivity index (χ4v) is 1.91. The number of carbonyl (C=O) groups is 1. The molecule has 0 radical (unpaired) electrons. The molecule has 0 atom stereocenters. The lowest BCUT2D eigenvalue weighted by atomic mass is 10.0. The highest BCUT2D eigenvalue weighted by molar-refractivity contribution is 5.95. The summed E-state index contributed by atoms with van der Waals surface area (Å²) < 4.78 is 0. The van der Waals surface area contributed by atoms with Gasteiger partial charge in [0.05, 0.1) is 17.0 Å². The lowest BCUT2D eigenvalue weighted by Gasteiger charge is -2.22. The summed E-state index contributed by atoms with van der Waals surface area (Å²) in [5.41, 5.74) is 8.36.